The molecule has 0 radical (unpaired) electrons. The average molecular weight is 260 g/mol. The maximum atomic E-state index is 8.83. The van der Waals surface area contributed by atoms with Crippen LogP contribution in [0.4, 0.5) is 0 Å². The number of nitriles is 1. The number of nitrogens with one attached hydrogen (secondary N) is 1. The molecule has 0 spiro atoms. The van der Waals surface area contributed by atoms with E-state index in [4.69, 9.17) is 14.7 Å². The van der Waals surface area contributed by atoms with Gasteiger partial charge in [-0.2, -0.15) is 5.26 Å². The van der Waals surface area contributed by atoms with E-state index in [0.29, 0.717) is 6.79 Å². The van der Waals surface area contributed by atoms with Crippen LogP contribution in [0.25, 0.3) is 0 Å². The molecule has 4 heteroatoms. The molecule has 0 bridgehead atoms. The zero-order valence-corrected chi connectivity index (χ0v) is 11.9. The van der Waals surface area contributed by atoms with Crippen molar-refractivity contribution in [1.82, 2.24) is 5.32 Å². The maximum absolute atomic E-state index is 8.83. The van der Waals surface area contributed by atoms with Gasteiger partial charge in [0.05, 0.1) is 12.1 Å². The lowest BCUT2D eigenvalue weighted by molar-refractivity contribution is 0.174. The number of benzene rings is 1. The second kappa shape index (κ2) is 5.10. The van der Waals surface area contributed by atoms with Gasteiger partial charge in [0.1, 0.15) is 0 Å². The van der Waals surface area contributed by atoms with E-state index < -0.39 is 0 Å². The van der Waals surface area contributed by atoms with Crippen LogP contribution in [0.2, 0.25) is 0 Å². The lowest BCUT2D eigenvalue weighted by Gasteiger charge is -2.28. The van der Waals surface area contributed by atoms with Gasteiger partial charge in [0, 0.05) is 12.0 Å². The van der Waals surface area contributed by atoms with Crippen LogP contribution in [-0.2, 0) is 5.41 Å². The Hall–Kier alpha value is -1.73. The average Bonchev–Trinajstić information content (AvgIpc) is 2.81. The van der Waals surface area contributed by atoms with E-state index in [1.165, 1.54) is 11.1 Å². The third-order valence-electron chi connectivity index (χ3n) is 3.49. The van der Waals surface area contributed by atoms with Crippen LogP contribution in [0.3, 0.4) is 0 Å². The summed E-state index contributed by atoms with van der Waals surface area (Å²) in [6.07, 6.45) is 0. The minimum Gasteiger partial charge on any atom is -0.454 e. The number of nitrogens with zero attached hydrogens (tertiary/aromatic N) is 1. The number of rotatable bonds is 4. The molecule has 19 heavy (non-hydrogen) atoms. The number of fused-ring (bicyclic) bond motifs is 1. The second-order valence-corrected chi connectivity index (χ2v) is 5.64. The third kappa shape index (κ3) is 2.82. The van der Waals surface area contributed by atoms with Gasteiger partial charge < -0.3 is 14.8 Å². The van der Waals surface area contributed by atoms with Crippen LogP contribution in [-0.4, -0.2) is 19.4 Å². The Morgan fingerprint density at radius 2 is 2.00 bits per heavy atom. The van der Waals surface area contributed by atoms with E-state index in [9.17, 15) is 0 Å². The highest BCUT2D eigenvalue weighted by Crippen LogP contribution is 2.38. The van der Waals surface area contributed by atoms with Gasteiger partial charge in [0.15, 0.2) is 11.5 Å². The normalized spacial score (nSPS) is 15.1. The van der Waals surface area contributed by atoms with E-state index in [0.717, 1.165) is 18.0 Å². The van der Waals surface area contributed by atoms with Crippen molar-refractivity contribution in [3.8, 4) is 17.6 Å². The van der Waals surface area contributed by atoms with Crippen molar-refractivity contribution in [2.24, 2.45) is 0 Å². The molecule has 0 amide bonds. The predicted octanol–water partition coefficient (Wildman–Crippen LogP) is 2.50. The summed E-state index contributed by atoms with van der Waals surface area (Å²) in [5.41, 5.74) is 2.32. The number of ether oxygens (including phenoxy) is 2. The van der Waals surface area contributed by atoms with Crippen molar-refractivity contribution in [1.29, 1.82) is 5.26 Å². The van der Waals surface area contributed by atoms with Crippen LogP contribution in [0, 0.1) is 18.3 Å². The van der Waals surface area contributed by atoms with Crippen LogP contribution in [0.5, 0.6) is 11.5 Å². The van der Waals surface area contributed by atoms with Gasteiger partial charge in [0.2, 0.25) is 6.79 Å². The number of aryl methyl sites for hydroxylation is 1. The number of hydrogen-bond donors (Lipinski definition) is 1. The molecule has 0 aromatic heterocycles. The molecular formula is C15H20N2O2. The molecule has 0 saturated carbocycles. The fourth-order valence-electron chi connectivity index (χ4n) is 2.32. The molecule has 0 saturated heterocycles. The van der Waals surface area contributed by atoms with Gasteiger partial charge >= 0.3 is 0 Å². The zero-order valence-electron chi connectivity index (χ0n) is 11.9. The summed E-state index contributed by atoms with van der Waals surface area (Å²) in [5, 5.41) is 12.1. The molecule has 1 aliphatic heterocycles. The highest BCUT2D eigenvalue weighted by molar-refractivity contribution is 5.50. The first-order valence-corrected chi connectivity index (χ1v) is 6.48. The highest BCUT2D eigenvalue weighted by atomic mass is 16.7. The van der Waals surface area contributed by atoms with Gasteiger partial charge in [-0.25, -0.2) is 0 Å². The van der Waals surface area contributed by atoms with Crippen LogP contribution in [0.15, 0.2) is 12.1 Å². The first-order valence-electron chi connectivity index (χ1n) is 6.48. The molecule has 1 aliphatic rings. The van der Waals surface area contributed by atoms with Crippen molar-refractivity contribution >= 4 is 0 Å². The van der Waals surface area contributed by atoms with Crippen molar-refractivity contribution in [3.05, 3.63) is 23.3 Å². The molecule has 4 nitrogen and oxygen atoms in total. The minimum atomic E-state index is -0.145. The summed E-state index contributed by atoms with van der Waals surface area (Å²) >= 11 is 0. The molecule has 1 heterocycles. The molecule has 1 N–H and O–H groups in total. The zero-order chi connectivity index (χ0) is 14.0. The van der Waals surface area contributed by atoms with E-state index in [-0.39, 0.29) is 11.5 Å². The van der Waals surface area contributed by atoms with Gasteiger partial charge in [-0.05, 0) is 37.1 Å². The monoisotopic (exact) mass is 260 g/mol. The Balaban J connectivity index is 2.23. The van der Waals surface area contributed by atoms with E-state index in [1.54, 1.807) is 0 Å². The highest BCUT2D eigenvalue weighted by Gasteiger charge is 2.26. The van der Waals surface area contributed by atoms with Crippen molar-refractivity contribution < 1.29 is 9.47 Å². The Kier molecular flexibility index (Phi) is 3.68. The first kappa shape index (κ1) is 13.7. The van der Waals surface area contributed by atoms with Crippen molar-refractivity contribution in [2.45, 2.75) is 39.2 Å². The minimum absolute atomic E-state index is 0.0732. The van der Waals surface area contributed by atoms with Gasteiger partial charge in [-0.15, -0.1) is 0 Å². The summed E-state index contributed by atoms with van der Waals surface area (Å²) in [5.74, 6) is 1.62. The summed E-state index contributed by atoms with van der Waals surface area (Å²) in [6.45, 7) is 9.29. The van der Waals surface area contributed by atoms with Crippen LogP contribution in [0.1, 0.15) is 31.9 Å². The van der Waals surface area contributed by atoms with E-state index in [1.807, 2.05) is 13.0 Å². The fraction of sp³-hybridized carbons (Fsp3) is 0.533. The van der Waals surface area contributed by atoms with Crippen molar-refractivity contribution in [2.75, 3.05) is 13.3 Å². The van der Waals surface area contributed by atoms with Crippen LogP contribution >= 0.6 is 0 Å². The SMILES string of the molecule is Cc1cc2c(cc1C(C)(C)CNC(C)C#N)OCO2. The molecular weight excluding hydrogens is 240 g/mol. The maximum Gasteiger partial charge on any atom is 0.231 e. The lowest BCUT2D eigenvalue weighted by atomic mass is 9.81. The molecule has 2 rings (SSSR count). The van der Waals surface area contributed by atoms with Gasteiger partial charge in [-0.1, -0.05) is 13.8 Å². The summed E-state index contributed by atoms with van der Waals surface area (Å²) in [4.78, 5) is 0. The molecule has 1 aromatic carbocycles. The summed E-state index contributed by atoms with van der Waals surface area (Å²) in [6, 6.07) is 6.12. The summed E-state index contributed by atoms with van der Waals surface area (Å²) < 4.78 is 10.8. The van der Waals surface area contributed by atoms with Gasteiger partial charge in [-0.3, -0.25) is 0 Å². The smallest absolute Gasteiger partial charge is 0.231 e. The molecule has 1 aromatic rings. The molecule has 1 unspecified atom stereocenters. The fourth-order valence-corrected chi connectivity index (χ4v) is 2.32. The quantitative estimate of drug-likeness (QED) is 0.903. The predicted molar refractivity (Wildman–Crippen MR) is 73.4 cm³/mol. The largest absolute Gasteiger partial charge is 0.454 e. The van der Waals surface area contributed by atoms with E-state index in [2.05, 4.69) is 38.2 Å². The lowest BCUT2D eigenvalue weighted by Crippen LogP contribution is -2.37. The Labute approximate surface area is 114 Å². The number of hydrogen-bond acceptors (Lipinski definition) is 4. The molecule has 102 valence electrons. The van der Waals surface area contributed by atoms with E-state index >= 15 is 0 Å². The Bertz CT molecular complexity index is 518. The first-order chi connectivity index (χ1) is 8.94. The molecule has 1 atom stereocenters. The van der Waals surface area contributed by atoms with Crippen molar-refractivity contribution in [3.63, 3.8) is 0 Å². The van der Waals surface area contributed by atoms with Crippen LogP contribution < -0.4 is 14.8 Å². The Morgan fingerprint density at radius 1 is 1.37 bits per heavy atom. The summed E-state index contributed by atoms with van der Waals surface area (Å²) in [7, 11) is 0. The topological polar surface area (TPSA) is 54.3 Å². The standard InChI is InChI=1S/C15H20N2O2/c1-10-5-13-14(19-9-18-13)6-12(10)15(3,4)8-17-11(2)7-16/h5-6,11,17H,8-9H2,1-4H3. The second-order valence-electron chi connectivity index (χ2n) is 5.64. The molecule has 0 fully saturated rings. The third-order valence-corrected chi connectivity index (χ3v) is 3.49. The van der Waals surface area contributed by atoms with Gasteiger partial charge in [0.25, 0.3) is 0 Å². The molecule has 0 aliphatic carbocycles. The Morgan fingerprint density at radius 3 is 2.63 bits per heavy atom.